The number of imidazole rings is 1. The molecule has 0 saturated carbocycles. The summed E-state index contributed by atoms with van der Waals surface area (Å²) in [5, 5.41) is 0.575. The Bertz CT molecular complexity index is 824. The minimum atomic E-state index is -0.0455. The summed E-state index contributed by atoms with van der Waals surface area (Å²) in [6.45, 7) is 2.75. The highest BCUT2D eigenvalue weighted by atomic mass is 16.5. The maximum Gasteiger partial charge on any atom is 0.261 e. The van der Waals surface area contributed by atoms with Crippen LogP contribution in [0.5, 0.6) is 5.75 Å². The summed E-state index contributed by atoms with van der Waals surface area (Å²) in [5.74, 6) is 0.615. The summed E-state index contributed by atoms with van der Waals surface area (Å²) in [6.07, 6.45) is 7.82. The quantitative estimate of drug-likeness (QED) is 0.725. The van der Waals surface area contributed by atoms with Gasteiger partial charge in [0.05, 0.1) is 31.2 Å². The minimum Gasteiger partial charge on any atom is -0.494 e. The average Bonchev–Trinajstić information content (AvgIpc) is 3.06. The molecular formula is C16H18N4O2. The molecule has 0 aliphatic rings. The third kappa shape index (κ3) is 2.47. The van der Waals surface area contributed by atoms with Gasteiger partial charge in [-0.15, -0.1) is 0 Å². The monoisotopic (exact) mass is 298 g/mol. The molecule has 0 bridgehead atoms. The van der Waals surface area contributed by atoms with Crippen LogP contribution in [0.1, 0.15) is 19.4 Å². The number of rotatable bonds is 5. The number of nitrogens with zero attached hydrogens (tertiary/aromatic N) is 4. The molecule has 2 aromatic heterocycles. The van der Waals surface area contributed by atoms with Crippen molar-refractivity contribution in [2.75, 3.05) is 7.11 Å². The predicted octanol–water partition coefficient (Wildman–Crippen LogP) is 2.25. The van der Waals surface area contributed by atoms with Crippen LogP contribution < -0.4 is 10.3 Å². The Morgan fingerprint density at radius 3 is 2.86 bits per heavy atom. The lowest BCUT2D eigenvalue weighted by Gasteiger charge is -2.19. The molecular weight excluding hydrogens is 280 g/mol. The van der Waals surface area contributed by atoms with Crippen molar-refractivity contribution in [3.63, 3.8) is 0 Å². The fourth-order valence-electron chi connectivity index (χ4n) is 2.62. The molecule has 6 heteroatoms. The van der Waals surface area contributed by atoms with E-state index >= 15 is 0 Å². The minimum absolute atomic E-state index is 0.0322. The van der Waals surface area contributed by atoms with Gasteiger partial charge >= 0.3 is 0 Å². The number of fused-ring (bicyclic) bond motifs is 1. The summed E-state index contributed by atoms with van der Waals surface area (Å²) in [4.78, 5) is 21.2. The standard InChI is InChI=1S/C16H18N4O2/c1-3-12(9-19-8-7-17-10-19)20-11-18-15-13(16(20)21)5-4-6-14(15)22-2/h4-8,10-12H,3,9H2,1-2H3/t12-/m1/s1. The molecule has 3 aromatic rings. The SMILES string of the molecule is CC[C@H](Cn1ccnc1)n1cnc2c(OC)cccc2c1=O. The summed E-state index contributed by atoms with van der Waals surface area (Å²) in [7, 11) is 1.58. The van der Waals surface area contributed by atoms with E-state index in [1.807, 2.05) is 22.9 Å². The highest BCUT2D eigenvalue weighted by Crippen LogP contribution is 2.21. The molecule has 0 saturated heterocycles. The molecule has 22 heavy (non-hydrogen) atoms. The lowest BCUT2D eigenvalue weighted by atomic mass is 10.2. The van der Waals surface area contributed by atoms with Gasteiger partial charge in [0.1, 0.15) is 11.3 Å². The molecule has 1 atom stereocenters. The van der Waals surface area contributed by atoms with E-state index in [4.69, 9.17) is 4.74 Å². The molecule has 3 rings (SSSR count). The van der Waals surface area contributed by atoms with Gasteiger partial charge in [-0.05, 0) is 18.6 Å². The van der Waals surface area contributed by atoms with Crippen molar-refractivity contribution in [1.29, 1.82) is 0 Å². The van der Waals surface area contributed by atoms with E-state index in [-0.39, 0.29) is 11.6 Å². The first-order valence-corrected chi connectivity index (χ1v) is 7.24. The van der Waals surface area contributed by atoms with E-state index in [0.29, 0.717) is 23.2 Å². The number of para-hydroxylation sites is 1. The van der Waals surface area contributed by atoms with Crippen LogP contribution in [0.2, 0.25) is 0 Å². The number of benzene rings is 1. The molecule has 0 aliphatic carbocycles. The predicted molar refractivity (Wildman–Crippen MR) is 84.1 cm³/mol. The Hall–Kier alpha value is -2.63. The summed E-state index contributed by atoms with van der Waals surface area (Å²) < 4.78 is 8.94. The second-order valence-corrected chi connectivity index (χ2v) is 5.13. The van der Waals surface area contributed by atoms with Crippen LogP contribution in [-0.2, 0) is 6.54 Å². The molecule has 1 aromatic carbocycles. The number of hydrogen-bond acceptors (Lipinski definition) is 4. The van der Waals surface area contributed by atoms with Gasteiger partial charge in [0.2, 0.25) is 0 Å². The van der Waals surface area contributed by atoms with E-state index in [2.05, 4.69) is 16.9 Å². The first-order chi connectivity index (χ1) is 10.7. The lowest BCUT2D eigenvalue weighted by Crippen LogP contribution is -2.27. The van der Waals surface area contributed by atoms with Crippen molar-refractivity contribution >= 4 is 10.9 Å². The normalized spacial score (nSPS) is 12.5. The van der Waals surface area contributed by atoms with Crippen molar-refractivity contribution in [3.05, 3.63) is 53.6 Å². The first-order valence-electron chi connectivity index (χ1n) is 7.24. The van der Waals surface area contributed by atoms with E-state index in [1.54, 1.807) is 36.6 Å². The van der Waals surface area contributed by atoms with E-state index in [9.17, 15) is 4.79 Å². The van der Waals surface area contributed by atoms with Crippen LogP contribution in [-0.4, -0.2) is 26.2 Å². The molecule has 0 amide bonds. The zero-order valence-electron chi connectivity index (χ0n) is 12.6. The second kappa shape index (κ2) is 6.01. The van der Waals surface area contributed by atoms with E-state index in [0.717, 1.165) is 6.42 Å². The lowest BCUT2D eigenvalue weighted by molar-refractivity contribution is 0.403. The van der Waals surface area contributed by atoms with Gasteiger partial charge in [-0.2, -0.15) is 0 Å². The van der Waals surface area contributed by atoms with Gasteiger partial charge in [-0.1, -0.05) is 13.0 Å². The molecule has 0 aliphatic heterocycles. The van der Waals surface area contributed by atoms with Crippen molar-refractivity contribution in [3.8, 4) is 5.75 Å². The van der Waals surface area contributed by atoms with E-state index < -0.39 is 0 Å². The van der Waals surface area contributed by atoms with Gasteiger partial charge in [-0.3, -0.25) is 9.36 Å². The first kappa shape index (κ1) is 14.3. The highest BCUT2D eigenvalue weighted by molar-refractivity contribution is 5.83. The molecule has 6 nitrogen and oxygen atoms in total. The van der Waals surface area contributed by atoms with Crippen LogP contribution >= 0.6 is 0 Å². The van der Waals surface area contributed by atoms with Crippen LogP contribution in [0, 0.1) is 0 Å². The van der Waals surface area contributed by atoms with Gasteiger partial charge in [0.15, 0.2) is 0 Å². The highest BCUT2D eigenvalue weighted by Gasteiger charge is 2.15. The Labute approximate surface area is 128 Å². The Morgan fingerprint density at radius 2 is 2.18 bits per heavy atom. The molecule has 2 heterocycles. The Balaban J connectivity index is 2.06. The van der Waals surface area contributed by atoms with Crippen LogP contribution in [0.25, 0.3) is 10.9 Å². The van der Waals surface area contributed by atoms with Gasteiger partial charge < -0.3 is 9.30 Å². The fraction of sp³-hybridized carbons (Fsp3) is 0.312. The molecule has 114 valence electrons. The van der Waals surface area contributed by atoms with Crippen LogP contribution in [0.15, 0.2) is 48.0 Å². The van der Waals surface area contributed by atoms with Crippen molar-refractivity contribution in [1.82, 2.24) is 19.1 Å². The smallest absolute Gasteiger partial charge is 0.261 e. The number of hydrogen-bond donors (Lipinski definition) is 0. The molecule has 0 radical (unpaired) electrons. The van der Waals surface area contributed by atoms with Gasteiger partial charge in [-0.25, -0.2) is 9.97 Å². The maximum absolute atomic E-state index is 12.8. The second-order valence-electron chi connectivity index (χ2n) is 5.13. The zero-order chi connectivity index (χ0) is 15.5. The molecule has 0 N–H and O–H groups in total. The van der Waals surface area contributed by atoms with Crippen molar-refractivity contribution in [2.24, 2.45) is 0 Å². The maximum atomic E-state index is 12.8. The topological polar surface area (TPSA) is 61.9 Å². The van der Waals surface area contributed by atoms with Crippen LogP contribution in [0.3, 0.4) is 0 Å². The number of methoxy groups -OCH3 is 1. The summed E-state index contributed by atoms with van der Waals surface area (Å²) >= 11 is 0. The third-order valence-corrected chi connectivity index (χ3v) is 3.84. The van der Waals surface area contributed by atoms with Crippen molar-refractivity contribution < 1.29 is 4.74 Å². The summed E-state index contributed by atoms with van der Waals surface area (Å²) in [6, 6.07) is 5.44. The third-order valence-electron chi connectivity index (χ3n) is 3.84. The molecule has 0 spiro atoms. The van der Waals surface area contributed by atoms with Gasteiger partial charge in [0.25, 0.3) is 5.56 Å². The fourth-order valence-corrected chi connectivity index (χ4v) is 2.62. The van der Waals surface area contributed by atoms with Crippen LogP contribution in [0.4, 0.5) is 0 Å². The Kier molecular flexibility index (Phi) is 3.91. The largest absolute Gasteiger partial charge is 0.494 e. The van der Waals surface area contributed by atoms with Crippen molar-refractivity contribution in [2.45, 2.75) is 25.9 Å². The van der Waals surface area contributed by atoms with Gasteiger partial charge in [0, 0.05) is 18.9 Å². The Morgan fingerprint density at radius 1 is 1.32 bits per heavy atom. The number of aromatic nitrogens is 4. The summed E-state index contributed by atoms with van der Waals surface area (Å²) in [5.41, 5.74) is 0.555. The zero-order valence-corrected chi connectivity index (χ0v) is 12.6. The molecule has 0 fully saturated rings. The molecule has 0 unspecified atom stereocenters. The van der Waals surface area contributed by atoms with E-state index in [1.165, 1.54) is 0 Å². The number of ether oxygens (including phenoxy) is 1. The average molecular weight is 298 g/mol.